The van der Waals surface area contributed by atoms with E-state index in [1.54, 1.807) is 12.1 Å². The van der Waals surface area contributed by atoms with E-state index in [9.17, 15) is 0 Å². The largest absolute Gasteiger partial charge is 0.208 e. The SMILES string of the molecule is N#Cc1ccc(-c2nc(-c3ccccc3)nc(-c3ccccc3)n2)cc1. The lowest BCUT2D eigenvalue weighted by Gasteiger charge is -2.08. The second kappa shape index (κ2) is 6.96. The molecule has 4 nitrogen and oxygen atoms in total. The Hall–Kier alpha value is -3.84. The molecule has 0 aliphatic carbocycles. The van der Waals surface area contributed by atoms with Crippen LogP contribution in [0.15, 0.2) is 84.9 Å². The first-order valence-electron chi connectivity index (χ1n) is 8.21. The van der Waals surface area contributed by atoms with Gasteiger partial charge in [-0.1, -0.05) is 60.7 Å². The van der Waals surface area contributed by atoms with Crippen LogP contribution in [-0.4, -0.2) is 15.0 Å². The zero-order valence-electron chi connectivity index (χ0n) is 13.9. The van der Waals surface area contributed by atoms with E-state index < -0.39 is 0 Å². The Morgan fingerprint density at radius 1 is 0.500 bits per heavy atom. The van der Waals surface area contributed by atoms with Crippen molar-refractivity contribution in [1.82, 2.24) is 15.0 Å². The number of nitriles is 1. The summed E-state index contributed by atoms with van der Waals surface area (Å²) in [5, 5.41) is 8.99. The van der Waals surface area contributed by atoms with Gasteiger partial charge in [0, 0.05) is 16.7 Å². The van der Waals surface area contributed by atoms with E-state index in [0.29, 0.717) is 23.0 Å². The lowest BCUT2D eigenvalue weighted by atomic mass is 10.1. The van der Waals surface area contributed by atoms with Gasteiger partial charge in [-0.15, -0.1) is 0 Å². The minimum absolute atomic E-state index is 0.585. The molecule has 4 rings (SSSR count). The molecule has 4 aromatic rings. The molecule has 0 aliphatic rings. The van der Waals surface area contributed by atoms with Crippen molar-refractivity contribution >= 4 is 0 Å². The minimum atomic E-state index is 0.585. The topological polar surface area (TPSA) is 62.5 Å². The fourth-order valence-electron chi connectivity index (χ4n) is 2.63. The average Bonchev–Trinajstić information content (AvgIpc) is 2.75. The number of hydrogen-bond acceptors (Lipinski definition) is 4. The van der Waals surface area contributed by atoms with Crippen LogP contribution in [-0.2, 0) is 0 Å². The zero-order valence-corrected chi connectivity index (χ0v) is 13.9. The summed E-state index contributed by atoms with van der Waals surface area (Å²) in [7, 11) is 0. The standard InChI is InChI=1S/C22H14N4/c23-15-16-11-13-19(14-12-16)22-25-20(17-7-3-1-4-8-17)24-21(26-22)18-9-5-2-6-10-18/h1-14H. The van der Waals surface area contributed by atoms with E-state index >= 15 is 0 Å². The van der Waals surface area contributed by atoms with Gasteiger partial charge in [0.15, 0.2) is 17.5 Å². The Morgan fingerprint density at radius 2 is 0.885 bits per heavy atom. The minimum Gasteiger partial charge on any atom is -0.208 e. The molecule has 0 radical (unpaired) electrons. The van der Waals surface area contributed by atoms with Gasteiger partial charge in [0.05, 0.1) is 11.6 Å². The molecule has 0 atom stereocenters. The summed E-state index contributed by atoms with van der Waals surface area (Å²) in [5.41, 5.74) is 3.32. The molecular formula is C22H14N4. The van der Waals surface area contributed by atoms with Crippen LogP contribution in [0.2, 0.25) is 0 Å². The van der Waals surface area contributed by atoms with Gasteiger partial charge in [0.25, 0.3) is 0 Å². The summed E-state index contributed by atoms with van der Waals surface area (Å²) in [5.74, 6) is 1.83. The van der Waals surface area contributed by atoms with Crippen LogP contribution in [0, 0.1) is 11.3 Å². The van der Waals surface area contributed by atoms with Crippen LogP contribution in [0.4, 0.5) is 0 Å². The normalized spacial score (nSPS) is 10.3. The average molecular weight is 334 g/mol. The highest BCUT2D eigenvalue weighted by Gasteiger charge is 2.11. The Balaban J connectivity index is 1.89. The summed E-state index contributed by atoms with van der Waals surface area (Å²) < 4.78 is 0. The zero-order chi connectivity index (χ0) is 17.8. The van der Waals surface area contributed by atoms with Crippen molar-refractivity contribution in [2.24, 2.45) is 0 Å². The summed E-state index contributed by atoms with van der Waals surface area (Å²) in [6, 6.07) is 29.1. The van der Waals surface area contributed by atoms with Crippen molar-refractivity contribution in [2.75, 3.05) is 0 Å². The fraction of sp³-hybridized carbons (Fsp3) is 0. The molecule has 4 heteroatoms. The van der Waals surface area contributed by atoms with Gasteiger partial charge in [-0.2, -0.15) is 5.26 Å². The van der Waals surface area contributed by atoms with Crippen molar-refractivity contribution in [2.45, 2.75) is 0 Å². The molecular weight excluding hydrogens is 320 g/mol. The highest BCUT2D eigenvalue weighted by atomic mass is 15.0. The van der Waals surface area contributed by atoms with Crippen LogP contribution in [0.25, 0.3) is 34.2 Å². The van der Waals surface area contributed by atoms with E-state index in [2.05, 4.69) is 21.0 Å². The maximum atomic E-state index is 8.99. The molecule has 0 fully saturated rings. The predicted octanol–water partition coefficient (Wildman–Crippen LogP) is 4.74. The van der Waals surface area contributed by atoms with Crippen molar-refractivity contribution in [3.8, 4) is 40.2 Å². The highest BCUT2D eigenvalue weighted by molar-refractivity contribution is 5.66. The molecule has 0 amide bonds. The number of benzene rings is 3. The van der Waals surface area contributed by atoms with Crippen molar-refractivity contribution in [3.63, 3.8) is 0 Å². The van der Waals surface area contributed by atoms with Crippen LogP contribution in [0.3, 0.4) is 0 Å². The van der Waals surface area contributed by atoms with E-state index in [0.717, 1.165) is 16.7 Å². The summed E-state index contributed by atoms with van der Waals surface area (Å²) in [6.45, 7) is 0. The van der Waals surface area contributed by atoms with Gasteiger partial charge in [-0.05, 0) is 24.3 Å². The van der Waals surface area contributed by atoms with E-state index in [1.165, 1.54) is 0 Å². The number of hydrogen-bond donors (Lipinski definition) is 0. The maximum absolute atomic E-state index is 8.99. The first-order valence-corrected chi connectivity index (χ1v) is 8.21. The van der Waals surface area contributed by atoms with Gasteiger partial charge < -0.3 is 0 Å². The number of aromatic nitrogens is 3. The highest BCUT2D eigenvalue weighted by Crippen LogP contribution is 2.24. The third kappa shape index (κ3) is 3.19. The molecule has 0 unspecified atom stereocenters. The molecule has 0 saturated heterocycles. The van der Waals surface area contributed by atoms with E-state index in [1.807, 2.05) is 72.8 Å². The quantitative estimate of drug-likeness (QED) is 0.542. The van der Waals surface area contributed by atoms with Crippen molar-refractivity contribution in [3.05, 3.63) is 90.5 Å². The van der Waals surface area contributed by atoms with Crippen molar-refractivity contribution in [1.29, 1.82) is 5.26 Å². The second-order valence-corrected chi connectivity index (χ2v) is 5.73. The molecule has 0 N–H and O–H groups in total. The predicted molar refractivity (Wildman–Crippen MR) is 101 cm³/mol. The van der Waals surface area contributed by atoms with Gasteiger partial charge >= 0.3 is 0 Å². The molecule has 3 aromatic carbocycles. The second-order valence-electron chi connectivity index (χ2n) is 5.73. The summed E-state index contributed by atoms with van der Waals surface area (Å²) in [4.78, 5) is 14.0. The Kier molecular flexibility index (Phi) is 4.19. The maximum Gasteiger partial charge on any atom is 0.164 e. The van der Waals surface area contributed by atoms with Gasteiger partial charge in [-0.25, -0.2) is 15.0 Å². The lowest BCUT2D eigenvalue weighted by Crippen LogP contribution is -2.00. The molecule has 0 aliphatic heterocycles. The molecule has 26 heavy (non-hydrogen) atoms. The molecule has 0 bridgehead atoms. The Labute approximate surface area is 151 Å². The first-order chi connectivity index (χ1) is 12.8. The van der Waals surface area contributed by atoms with E-state index in [-0.39, 0.29) is 0 Å². The first kappa shape index (κ1) is 15.7. The third-order valence-electron chi connectivity index (χ3n) is 3.97. The fourth-order valence-corrected chi connectivity index (χ4v) is 2.63. The van der Waals surface area contributed by atoms with Gasteiger partial charge in [0.1, 0.15) is 0 Å². The third-order valence-corrected chi connectivity index (χ3v) is 3.97. The van der Waals surface area contributed by atoms with Gasteiger partial charge in [-0.3, -0.25) is 0 Å². The smallest absolute Gasteiger partial charge is 0.164 e. The van der Waals surface area contributed by atoms with Crippen LogP contribution in [0.5, 0.6) is 0 Å². The Morgan fingerprint density at radius 3 is 1.27 bits per heavy atom. The number of nitrogens with zero attached hydrogens (tertiary/aromatic N) is 4. The summed E-state index contributed by atoms with van der Waals surface area (Å²) >= 11 is 0. The Bertz CT molecular complexity index is 1010. The lowest BCUT2D eigenvalue weighted by molar-refractivity contribution is 1.07. The van der Waals surface area contributed by atoms with Crippen molar-refractivity contribution < 1.29 is 0 Å². The molecule has 1 heterocycles. The number of rotatable bonds is 3. The molecule has 1 aromatic heterocycles. The van der Waals surface area contributed by atoms with Crippen LogP contribution in [0.1, 0.15) is 5.56 Å². The van der Waals surface area contributed by atoms with Gasteiger partial charge in [0.2, 0.25) is 0 Å². The van der Waals surface area contributed by atoms with Crippen LogP contribution < -0.4 is 0 Å². The van der Waals surface area contributed by atoms with E-state index in [4.69, 9.17) is 5.26 Å². The summed E-state index contributed by atoms with van der Waals surface area (Å²) in [6.07, 6.45) is 0. The molecule has 0 saturated carbocycles. The molecule has 122 valence electrons. The van der Waals surface area contributed by atoms with Crippen LogP contribution >= 0.6 is 0 Å². The monoisotopic (exact) mass is 334 g/mol. The molecule has 0 spiro atoms.